The number of ketones is 1. The Morgan fingerprint density at radius 1 is 1.24 bits per heavy atom. The van der Waals surface area contributed by atoms with Crippen molar-refractivity contribution in [2.24, 2.45) is 0 Å². The van der Waals surface area contributed by atoms with E-state index in [0.29, 0.717) is 17.2 Å². The molecule has 1 aromatic carbocycles. The van der Waals surface area contributed by atoms with Gasteiger partial charge in [0.2, 0.25) is 0 Å². The lowest BCUT2D eigenvalue weighted by atomic mass is 10.00. The highest BCUT2D eigenvalue weighted by Crippen LogP contribution is 2.13. The quantitative estimate of drug-likeness (QED) is 0.618. The number of carbonyl (C=O) groups excluding carboxylic acids is 1. The molecule has 1 aromatic rings. The number of thiocarbonyl (C=S) groups is 1. The highest BCUT2D eigenvalue weighted by Gasteiger charge is 2.19. The molecule has 1 aliphatic heterocycles. The molecule has 0 spiro atoms. The number of Topliss-reactive ketones (excluding diaryl/α,β-unsaturated/α-hetero) is 1. The summed E-state index contributed by atoms with van der Waals surface area (Å²) in [5, 5.41) is 6.51. The van der Waals surface area contributed by atoms with Crippen LogP contribution in [0, 0.1) is 6.92 Å². The smallest absolute Gasteiger partial charge is 0.192 e. The normalized spacial score (nSPS) is 15.3. The molecule has 2 N–H and O–H groups in total. The SMILES string of the molecule is CC1=C(C(=O)c2ccc(C)cc2)CNC(=S)N1. The molecule has 0 radical (unpaired) electrons. The lowest BCUT2D eigenvalue weighted by molar-refractivity contribution is 0.103. The zero-order chi connectivity index (χ0) is 12.4. The summed E-state index contributed by atoms with van der Waals surface area (Å²) in [6.45, 7) is 4.36. The lowest BCUT2D eigenvalue weighted by Gasteiger charge is -2.21. The second-order valence-corrected chi connectivity index (χ2v) is 4.51. The van der Waals surface area contributed by atoms with Gasteiger partial charge in [0.05, 0.1) is 0 Å². The molecule has 3 nitrogen and oxygen atoms in total. The van der Waals surface area contributed by atoms with Crippen molar-refractivity contribution in [1.82, 2.24) is 10.6 Å². The molecule has 0 saturated heterocycles. The molecule has 0 aliphatic carbocycles. The van der Waals surface area contributed by atoms with Crippen LogP contribution < -0.4 is 10.6 Å². The fourth-order valence-corrected chi connectivity index (χ4v) is 1.95. The van der Waals surface area contributed by atoms with Crippen LogP contribution in [0.15, 0.2) is 35.5 Å². The van der Waals surface area contributed by atoms with Crippen molar-refractivity contribution in [2.75, 3.05) is 6.54 Å². The van der Waals surface area contributed by atoms with Crippen molar-refractivity contribution in [2.45, 2.75) is 13.8 Å². The lowest BCUT2D eigenvalue weighted by Crippen LogP contribution is -2.42. The van der Waals surface area contributed by atoms with E-state index in [-0.39, 0.29) is 5.78 Å². The maximum absolute atomic E-state index is 12.2. The first-order valence-corrected chi connectivity index (χ1v) is 5.84. The average molecular weight is 246 g/mol. The van der Waals surface area contributed by atoms with Gasteiger partial charge in [-0.1, -0.05) is 29.8 Å². The highest BCUT2D eigenvalue weighted by atomic mass is 32.1. The van der Waals surface area contributed by atoms with Crippen molar-refractivity contribution in [3.63, 3.8) is 0 Å². The van der Waals surface area contributed by atoms with E-state index in [2.05, 4.69) is 10.6 Å². The van der Waals surface area contributed by atoms with Gasteiger partial charge < -0.3 is 10.6 Å². The van der Waals surface area contributed by atoms with Crippen LogP contribution >= 0.6 is 12.2 Å². The van der Waals surface area contributed by atoms with Crippen molar-refractivity contribution < 1.29 is 4.79 Å². The van der Waals surface area contributed by atoms with E-state index in [1.54, 1.807) is 0 Å². The maximum Gasteiger partial charge on any atom is 0.192 e. The van der Waals surface area contributed by atoms with Crippen molar-refractivity contribution in [1.29, 1.82) is 0 Å². The monoisotopic (exact) mass is 246 g/mol. The van der Waals surface area contributed by atoms with Crippen LogP contribution in [-0.2, 0) is 0 Å². The fourth-order valence-electron chi connectivity index (χ4n) is 1.72. The van der Waals surface area contributed by atoms with Crippen molar-refractivity contribution >= 4 is 23.1 Å². The van der Waals surface area contributed by atoms with Crippen LogP contribution in [0.5, 0.6) is 0 Å². The Morgan fingerprint density at radius 3 is 2.47 bits per heavy atom. The third-order valence-electron chi connectivity index (χ3n) is 2.77. The minimum Gasteiger partial charge on any atom is -0.358 e. The van der Waals surface area contributed by atoms with Crippen LogP contribution in [0.2, 0.25) is 0 Å². The van der Waals surface area contributed by atoms with Gasteiger partial charge in [-0.3, -0.25) is 4.79 Å². The average Bonchev–Trinajstić information content (AvgIpc) is 2.29. The Kier molecular flexibility index (Phi) is 3.24. The molecule has 0 unspecified atom stereocenters. The summed E-state index contributed by atoms with van der Waals surface area (Å²) < 4.78 is 0. The molecule has 1 aliphatic rings. The minimum atomic E-state index is 0.0463. The number of hydrogen-bond acceptors (Lipinski definition) is 2. The van der Waals surface area contributed by atoms with Gasteiger partial charge in [0.1, 0.15) is 0 Å². The third-order valence-corrected chi connectivity index (χ3v) is 3.01. The molecule has 0 amide bonds. The van der Waals surface area contributed by atoms with Crippen LogP contribution in [-0.4, -0.2) is 17.4 Å². The first-order valence-electron chi connectivity index (χ1n) is 5.44. The number of hydrogen-bond donors (Lipinski definition) is 2. The van der Waals surface area contributed by atoms with Gasteiger partial charge in [0.15, 0.2) is 10.9 Å². The van der Waals surface area contributed by atoms with Gasteiger partial charge in [-0.05, 0) is 26.1 Å². The molecule has 88 valence electrons. The summed E-state index contributed by atoms with van der Waals surface area (Å²) in [6.07, 6.45) is 0. The summed E-state index contributed by atoms with van der Waals surface area (Å²) in [7, 11) is 0. The largest absolute Gasteiger partial charge is 0.358 e. The predicted molar refractivity (Wildman–Crippen MR) is 71.9 cm³/mol. The topological polar surface area (TPSA) is 41.1 Å². The summed E-state index contributed by atoms with van der Waals surface area (Å²) >= 11 is 4.99. The van der Waals surface area contributed by atoms with Crippen molar-refractivity contribution in [3.8, 4) is 0 Å². The minimum absolute atomic E-state index is 0.0463. The number of carbonyl (C=O) groups is 1. The molecule has 0 atom stereocenters. The van der Waals surface area contributed by atoms with E-state index >= 15 is 0 Å². The standard InChI is InChI=1S/C13H14N2OS/c1-8-3-5-10(6-4-8)12(16)11-7-14-13(17)15-9(11)2/h3-6H,7H2,1-2H3,(H2,14,15,17). The Balaban J connectivity index is 2.29. The molecule has 17 heavy (non-hydrogen) atoms. The fraction of sp³-hybridized carbons (Fsp3) is 0.231. The van der Waals surface area contributed by atoms with Crippen molar-refractivity contribution in [3.05, 3.63) is 46.7 Å². The second-order valence-electron chi connectivity index (χ2n) is 4.11. The van der Waals surface area contributed by atoms with Crippen LogP contribution in [0.1, 0.15) is 22.8 Å². The Bertz CT molecular complexity index is 503. The molecule has 0 fully saturated rings. The molecule has 0 bridgehead atoms. The predicted octanol–water partition coefficient (Wildman–Crippen LogP) is 1.93. The maximum atomic E-state index is 12.2. The Labute approximate surface area is 106 Å². The van der Waals surface area contributed by atoms with Gasteiger partial charge >= 0.3 is 0 Å². The molecular weight excluding hydrogens is 232 g/mol. The van der Waals surface area contributed by atoms with Crippen LogP contribution in [0.3, 0.4) is 0 Å². The molecule has 2 rings (SSSR count). The van der Waals surface area contributed by atoms with Gasteiger partial charge in [0, 0.05) is 23.4 Å². The number of benzene rings is 1. The number of rotatable bonds is 2. The summed E-state index contributed by atoms with van der Waals surface area (Å²) in [5.41, 5.74) is 3.43. The van der Waals surface area contributed by atoms with Gasteiger partial charge in [-0.25, -0.2) is 0 Å². The van der Waals surface area contributed by atoms with Gasteiger partial charge in [-0.15, -0.1) is 0 Å². The molecule has 4 heteroatoms. The van der Waals surface area contributed by atoms with E-state index in [4.69, 9.17) is 12.2 Å². The summed E-state index contributed by atoms with van der Waals surface area (Å²) in [4.78, 5) is 12.2. The first kappa shape index (κ1) is 11.8. The Morgan fingerprint density at radius 2 is 1.88 bits per heavy atom. The molecule has 0 aromatic heterocycles. The number of nitrogens with one attached hydrogen (secondary N) is 2. The molecular formula is C13H14N2OS. The third kappa shape index (κ3) is 2.53. The molecule has 0 saturated carbocycles. The summed E-state index contributed by atoms with van der Waals surface area (Å²) in [6, 6.07) is 7.59. The van der Waals surface area contributed by atoms with Crippen LogP contribution in [0.25, 0.3) is 0 Å². The highest BCUT2D eigenvalue weighted by molar-refractivity contribution is 7.80. The van der Waals surface area contributed by atoms with Gasteiger partial charge in [0.25, 0.3) is 0 Å². The number of aryl methyl sites for hydroxylation is 1. The van der Waals surface area contributed by atoms with E-state index in [1.165, 1.54) is 0 Å². The number of allylic oxidation sites excluding steroid dienone is 1. The summed E-state index contributed by atoms with van der Waals surface area (Å²) in [5.74, 6) is 0.0463. The van der Waals surface area contributed by atoms with Crippen LogP contribution in [0.4, 0.5) is 0 Å². The molecule has 1 heterocycles. The van der Waals surface area contributed by atoms with E-state index in [0.717, 1.165) is 16.8 Å². The van der Waals surface area contributed by atoms with E-state index < -0.39 is 0 Å². The zero-order valence-electron chi connectivity index (χ0n) is 9.83. The second kappa shape index (κ2) is 4.67. The Hall–Kier alpha value is -1.68. The van der Waals surface area contributed by atoms with E-state index in [9.17, 15) is 4.79 Å². The first-order chi connectivity index (χ1) is 8.08. The zero-order valence-corrected chi connectivity index (χ0v) is 10.6. The van der Waals surface area contributed by atoms with Gasteiger partial charge in [-0.2, -0.15) is 0 Å². The van der Waals surface area contributed by atoms with E-state index in [1.807, 2.05) is 38.1 Å².